The summed E-state index contributed by atoms with van der Waals surface area (Å²) in [6, 6.07) is 7.05. The highest BCUT2D eigenvalue weighted by Crippen LogP contribution is 2.20. The van der Waals surface area contributed by atoms with Gasteiger partial charge in [0.25, 0.3) is 5.91 Å². The summed E-state index contributed by atoms with van der Waals surface area (Å²) in [5.41, 5.74) is 0.572. The lowest BCUT2D eigenvalue weighted by Crippen LogP contribution is -2.29. The van der Waals surface area contributed by atoms with Gasteiger partial charge in [0.2, 0.25) is 0 Å². The van der Waals surface area contributed by atoms with Crippen LogP contribution in [-0.2, 0) is 4.79 Å². The summed E-state index contributed by atoms with van der Waals surface area (Å²) in [5, 5.41) is 8.99. The minimum absolute atomic E-state index is 0.113. The number of hydrogen-bond donors (Lipinski definition) is 1. The second kappa shape index (κ2) is 7.29. The molecule has 5 heteroatoms. The van der Waals surface area contributed by atoms with Crippen LogP contribution in [0.1, 0.15) is 37.0 Å². The summed E-state index contributed by atoms with van der Waals surface area (Å²) < 4.78 is 5.62. The van der Waals surface area contributed by atoms with Gasteiger partial charge in [0.15, 0.2) is 0 Å². The first kappa shape index (κ1) is 16.3. The van der Waals surface area contributed by atoms with Crippen LogP contribution in [0.15, 0.2) is 24.3 Å². The molecule has 0 aliphatic carbocycles. The van der Waals surface area contributed by atoms with Crippen molar-refractivity contribution < 1.29 is 19.4 Å². The average molecular weight is 305 g/mol. The highest BCUT2D eigenvalue weighted by atomic mass is 16.5. The van der Waals surface area contributed by atoms with Crippen LogP contribution in [0.4, 0.5) is 0 Å². The number of carbonyl (C=O) groups is 2. The maximum Gasteiger partial charge on any atom is 0.308 e. The Morgan fingerprint density at radius 3 is 2.55 bits per heavy atom. The van der Waals surface area contributed by atoms with E-state index in [-0.39, 0.29) is 5.91 Å². The van der Waals surface area contributed by atoms with Crippen molar-refractivity contribution in [2.75, 3.05) is 19.7 Å². The van der Waals surface area contributed by atoms with Crippen molar-refractivity contribution in [1.29, 1.82) is 0 Å². The maximum absolute atomic E-state index is 12.3. The molecule has 1 aromatic rings. The largest absolute Gasteiger partial charge is 0.494 e. The lowest BCUT2D eigenvalue weighted by molar-refractivity contribution is -0.141. The smallest absolute Gasteiger partial charge is 0.308 e. The minimum atomic E-state index is -0.829. The fourth-order valence-electron chi connectivity index (χ4n) is 2.44. The van der Waals surface area contributed by atoms with Crippen molar-refractivity contribution in [2.45, 2.75) is 26.7 Å². The van der Waals surface area contributed by atoms with E-state index in [4.69, 9.17) is 9.84 Å². The van der Waals surface area contributed by atoms with Gasteiger partial charge in [0.05, 0.1) is 12.5 Å². The number of nitrogens with zero attached hydrogens (tertiary/aromatic N) is 1. The number of rotatable bonds is 6. The van der Waals surface area contributed by atoms with Gasteiger partial charge in [-0.1, -0.05) is 13.8 Å². The van der Waals surface area contributed by atoms with Gasteiger partial charge >= 0.3 is 5.97 Å². The van der Waals surface area contributed by atoms with Crippen LogP contribution in [0.25, 0.3) is 0 Å². The number of ether oxygens (including phenoxy) is 1. The molecule has 1 aromatic carbocycles. The lowest BCUT2D eigenvalue weighted by atomic mass is 10.1. The molecule has 0 bridgehead atoms. The topological polar surface area (TPSA) is 66.8 Å². The molecule has 1 amide bonds. The van der Waals surface area contributed by atoms with E-state index in [0.29, 0.717) is 37.6 Å². The van der Waals surface area contributed by atoms with Crippen molar-refractivity contribution in [2.24, 2.45) is 11.8 Å². The molecule has 0 aromatic heterocycles. The van der Waals surface area contributed by atoms with E-state index in [2.05, 4.69) is 13.8 Å². The van der Waals surface area contributed by atoms with Crippen molar-refractivity contribution in [3.05, 3.63) is 29.8 Å². The molecule has 0 radical (unpaired) electrons. The molecular formula is C17H23NO4. The summed E-state index contributed by atoms with van der Waals surface area (Å²) in [5.74, 6) is -0.0375. The van der Waals surface area contributed by atoms with Gasteiger partial charge in [-0.05, 0) is 43.0 Å². The van der Waals surface area contributed by atoms with Crippen LogP contribution in [-0.4, -0.2) is 41.6 Å². The number of benzene rings is 1. The van der Waals surface area contributed by atoms with Gasteiger partial charge in [0.1, 0.15) is 5.75 Å². The van der Waals surface area contributed by atoms with E-state index >= 15 is 0 Å². The SMILES string of the molecule is CC(C)CCOc1ccc(C(=O)N2CCC(C(=O)O)C2)cc1. The van der Waals surface area contributed by atoms with Crippen LogP contribution in [0.3, 0.4) is 0 Å². The van der Waals surface area contributed by atoms with E-state index in [1.807, 2.05) is 0 Å². The number of amides is 1. The molecule has 120 valence electrons. The first-order chi connectivity index (χ1) is 10.5. The highest BCUT2D eigenvalue weighted by Gasteiger charge is 2.31. The Balaban J connectivity index is 1.90. The van der Waals surface area contributed by atoms with Crippen LogP contribution >= 0.6 is 0 Å². The third-order valence-corrected chi connectivity index (χ3v) is 3.89. The zero-order valence-corrected chi connectivity index (χ0v) is 13.1. The molecule has 5 nitrogen and oxygen atoms in total. The van der Waals surface area contributed by atoms with Crippen LogP contribution < -0.4 is 4.74 Å². The number of carboxylic acids is 1. The molecule has 1 atom stereocenters. The van der Waals surface area contributed by atoms with Gasteiger partial charge in [-0.15, -0.1) is 0 Å². The minimum Gasteiger partial charge on any atom is -0.494 e. The highest BCUT2D eigenvalue weighted by molar-refractivity contribution is 5.94. The van der Waals surface area contributed by atoms with E-state index in [1.165, 1.54) is 0 Å². The fraction of sp³-hybridized carbons (Fsp3) is 0.529. The molecule has 1 heterocycles. The van der Waals surface area contributed by atoms with E-state index in [0.717, 1.165) is 12.2 Å². The number of hydrogen-bond acceptors (Lipinski definition) is 3. The van der Waals surface area contributed by atoms with Gasteiger partial charge in [-0.2, -0.15) is 0 Å². The molecule has 0 spiro atoms. The Hall–Kier alpha value is -2.04. The number of aliphatic carboxylic acids is 1. The van der Waals surface area contributed by atoms with Crippen molar-refractivity contribution in [1.82, 2.24) is 4.90 Å². The molecule has 1 fully saturated rings. The number of likely N-dealkylation sites (tertiary alicyclic amines) is 1. The summed E-state index contributed by atoms with van der Waals surface area (Å²) in [6.45, 7) is 5.75. The fourth-order valence-corrected chi connectivity index (χ4v) is 2.44. The second-order valence-electron chi connectivity index (χ2n) is 6.13. The van der Waals surface area contributed by atoms with E-state index in [9.17, 15) is 9.59 Å². The van der Waals surface area contributed by atoms with Crippen LogP contribution in [0.5, 0.6) is 5.75 Å². The van der Waals surface area contributed by atoms with Crippen molar-refractivity contribution in [3.63, 3.8) is 0 Å². The Morgan fingerprint density at radius 1 is 1.32 bits per heavy atom. The standard InChI is InChI=1S/C17H23NO4/c1-12(2)8-10-22-15-5-3-13(4-6-15)16(19)18-9-7-14(11-18)17(20)21/h3-6,12,14H,7-11H2,1-2H3,(H,20,21). The summed E-state index contributed by atoms with van der Waals surface area (Å²) >= 11 is 0. The number of carboxylic acid groups (broad SMARTS) is 1. The predicted octanol–water partition coefficient (Wildman–Crippen LogP) is 2.66. The van der Waals surface area contributed by atoms with Gasteiger partial charge in [-0.3, -0.25) is 9.59 Å². The molecule has 1 saturated heterocycles. The molecule has 1 aliphatic rings. The van der Waals surface area contributed by atoms with Gasteiger partial charge in [-0.25, -0.2) is 0 Å². The lowest BCUT2D eigenvalue weighted by Gasteiger charge is -2.16. The quantitative estimate of drug-likeness (QED) is 0.877. The van der Waals surface area contributed by atoms with Crippen LogP contribution in [0, 0.1) is 11.8 Å². The van der Waals surface area contributed by atoms with E-state index in [1.54, 1.807) is 29.2 Å². The van der Waals surface area contributed by atoms with Crippen LogP contribution in [0.2, 0.25) is 0 Å². The molecule has 2 rings (SSSR count). The Kier molecular flexibility index (Phi) is 5.41. The van der Waals surface area contributed by atoms with Gasteiger partial charge < -0.3 is 14.7 Å². The summed E-state index contributed by atoms with van der Waals surface area (Å²) in [7, 11) is 0. The summed E-state index contributed by atoms with van der Waals surface area (Å²) in [6.07, 6.45) is 1.52. The molecule has 1 N–H and O–H groups in total. The zero-order chi connectivity index (χ0) is 16.1. The maximum atomic E-state index is 12.3. The Labute approximate surface area is 130 Å². The van der Waals surface area contributed by atoms with Gasteiger partial charge in [0, 0.05) is 18.7 Å². The predicted molar refractivity (Wildman–Crippen MR) is 83.0 cm³/mol. The first-order valence-corrected chi connectivity index (χ1v) is 7.72. The molecular weight excluding hydrogens is 282 g/mol. The Morgan fingerprint density at radius 2 is 2.00 bits per heavy atom. The monoisotopic (exact) mass is 305 g/mol. The second-order valence-corrected chi connectivity index (χ2v) is 6.13. The third-order valence-electron chi connectivity index (χ3n) is 3.89. The molecule has 1 unspecified atom stereocenters. The normalized spacial score (nSPS) is 17.8. The van der Waals surface area contributed by atoms with E-state index < -0.39 is 11.9 Å². The molecule has 1 aliphatic heterocycles. The number of carbonyl (C=O) groups excluding carboxylic acids is 1. The molecule has 0 saturated carbocycles. The Bertz CT molecular complexity index is 524. The average Bonchev–Trinajstić information content (AvgIpc) is 2.97. The van der Waals surface area contributed by atoms with Crippen molar-refractivity contribution in [3.8, 4) is 5.75 Å². The third kappa shape index (κ3) is 4.23. The summed E-state index contributed by atoms with van der Waals surface area (Å²) in [4.78, 5) is 24.9. The molecule has 22 heavy (non-hydrogen) atoms. The van der Waals surface area contributed by atoms with Crippen molar-refractivity contribution >= 4 is 11.9 Å². The zero-order valence-electron chi connectivity index (χ0n) is 13.1. The first-order valence-electron chi connectivity index (χ1n) is 7.72.